The summed E-state index contributed by atoms with van der Waals surface area (Å²) in [6.45, 7) is 6.63. The van der Waals surface area contributed by atoms with Gasteiger partial charge in [0.2, 0.25) is 5.88 Å². The number of morpholine rings is 1. The molecule has 2 aliphatic rings. The predicted molar refractivity (Wildman–Crippen MR) is 81.7 cm³/mol. The molecule has 0 spiro atoms. The molecule has 1 saturated carbocycles. The zero-order valence-corrected chi connectivity index (χ0v) is 13.0. The largest absolute Gasteiger partial charge is 0.476 e. The Morgan fingerprint density at radius 2 is 2.10 bits per heavy atom. The number of nitrogens with zero attached hydrogens (tertiary/aromatic N) is 3. The van der Waals surface area contributed by atoms with Crippen LogP contribution in [0.2, 0.25) is 0 Å². The Morgan fingerprint density at radius 1 is 1.29 bits per heavy atom. The molecule has 1 aromatic heterocycles. The quantitative estimate of drug-likeness (QED) is 0.853. The zero-order chi connectivity index (χ0) is 14.7. The number of ether oxygens (including phenoxy) is 2. The van der Waals surface area contributed by atoms with Crippen molar-refractivity contribution in [3.63, 3.8) is 0 Å². The Bertz CT molecular complexity index is 463. The molecule has 5 heteroatoms. The van der Waals surface area contributed by atoms with Gasteiger partial charge < -0.3 is 14.4 Å². The second kappa shape index (κ2) is 6.60. The van der Waals surface area contributed by atoms with Crippen LogP contribution in [-0.2, 0) is 4.74 Å². The minimum atomic E-state index is 0.212. The fraction of sp³-hybridized carbons (Fsp3) is 0.750. The highest BCUT2D eigenvalue weighted by molar-refractivity contribution is 5.39. The molecule has 2 atom stereocenters. The topological polar surface area (TPSA) is 47.5 Å². The van der Waals surface area contributed by atoms with Crippen LogP contribution < -0.4 is 9.64 Å². The van der Waals surface area contributed by atoms with Crippen molar-refractivity contribution in [1.82, 2.24) is 9.97 Å². The van der Waals surface area contributed by atoms with Crippen molar-refractivity contribution in [1.29, 1.82) is 0 Å². The van der Waals surface area contributed by atoms with Crippen LogP contribution in [-0.4, -0.2) is 41.9 Å². The van der Waals surface area contributed by atoms with Crippen LogP contribution in [0.1, 0.15) is 39.5 Å². The van der Waals surface area contributed by atoms with Crippen molar-refractivity contribution in [2.45, 2.75) is 51.7 Å². The number of rotatable bonds is 4. The maximum atomic E-state index is 5.85. The van der Waals surface area contributed by atoms with E-state index in [1.54, 1.807) is 6.20 Å². The molecule has 2 heterocycles. The molecule has 3 rings (SSSR count). The number of hydrogen-bond donors (Lipinski definition) is 0. The summed E-state index contributed by atoms with van der Waals surface area (Å²) in [4.78, 5) is 11.2. The average molecular weight is 291 g/mol. The highest BCUT2D eigenvalue weighted by atomic mass is 16.5. The van der Waals surface area contributed by atoms with E-state index < -0.39 is 0 Å². The van der Waals surface area contributed by atoms with Gasteiger partial charge in [-0.1, -0.05) is 12.8 Å². The fourth-order valence-electron chi connectivity index (χ4n) is 3.18. The van der Waals surface area contributed by atoms with Gasteiger partial charge in [-0.25, -0.2) is 0 Å². The molecule has 0 amide bonds. The third kappa shape index (κ3) is 3.46. The molecular weight excluding hydrogens is 266 g/mol. The summed E-state index contributed by atoms with van der Waals surface area (Å²) < 4.78 is 11.5. The highest BCUT2D eigenvalue weighted by Gasteiger charge is 2.27. The normalized spacial score (nSPS) is 27.0. The standard InChI is InChI=1S/C16H25N3O2/c1-12-13(2)20-8-7-19(12)15-9-17-10-16(18-15)21-11-14-5-3-4-6-14/h9-10,12-14H,3-8,11H2,1-2H3. The van der Waals surface area contributed by atoms with Crippen LogP contribution in [0.25, 0.3) is 0 Å². The van der Waals surface area contributed by atoms with E-state index >= 15 is 0 Å². The monoisotopic (exact) mass is 291 g/mol. The Hall–Kier alpha value is -1.36. The Labute approximate surface area is 126 Å². The Morgan fingerprint density at radius 3 is 2.90 bits per heavy atom. The van der Waals surface area contributed by atoms with Gasteiger partial charge in [-0.3, -0.25) is 4.98 Å². The first kappa shape index (κ1) is 14.6. The predicted octanol–water partition coefficient (Wildman–Crippen LogP) is 2.66. The third-order valence-corrected chi connectivity index (χ3v) is 4.72. The van der Waals surface area contributed by atoms with Gasteiger partial charge in [-0.2, -0.15) is 4.98 Å². The van der Waals surface area contributed by atoms with Crippen molar-refractivity contribution in [3.05, 3.63) is 12.4 Å². The van der Waals surface area contributed by atoms with E-state index in [1.807, 2.05) is 6.20 Å². The van der Waals surface area contributed by atoms with Crippen LogP contribution in [0.15, 0.2) is 12.4 Å². The average Bonchev–Trinajstić information content (AvgIpc) is 3.02. The summed E-state index contributed by atoms with van der Waals surface area (Å²) in [7, 11) is 0. The van der Waals surface area contributed by atoms with E-state index in [2.05, 4.69) is 28.7 Å². The van der Waals surface area contributed by atoms with E-state index in [0.717, 1.165) is 25.6 Å². The van der Waals surface area contributed by atoms with Crippen molar-refractivity contribution in [2.75, 3.05) is 24.7 Å². The zero-order valence-electron chi connectivity index (χ0n) is 13.0. The summed E-state index contributed by atoms with van der Waals surface area (Å²) in [5, 5.41) is 0. The van der Waals surface area contributed by atoms with Gasteiger partial charge in [-0.05, 0) is 32.6 Å². The number of aromatic nitrogens is 2. The molecule has 116 valence electrons. The maximum Gasteiger partial charge on any atom is 0.234 e. The summed E-state index contributed by atoms with van der Waals surface area (Å²) in [5.41, 5.74) is 0. The number of anilines is 1. The van der Waals surface area contributed by atoms with Gasteiger partial charge in [0.05, 0.1) is 37.8 Å². The van der Waals surface area contributed by atoms with E-state index in [9.17, 15) is 0 Å². The van der Waals surface area contributed by atoms with Gasteiger partial charge in [0.15, 0.2) is 5.82 Å². The van der Waals surface area contributed by atoms with Crippen LogP contribution in [0, 0.1) is 5.92 Å². The molecule has 0 N–H and O–H groups in total. The minimum absolute atomic E-state index is 0.212. The minimum Gasteiger partial charge on any atom is -0.476 e. The lowest BCUT2D eigenvalue weighted by Gasteiger charge is -2.38. The molecule has 0 bridgehead atoms. The SMILES string of the molecule is CC1OCCN(c2cncc(OCC3CCCC3)n2)C1C. The third-order valence-electron chi connectivity index (χ3n) is 4.72. The fourth-order valence-corrected chi connectivity index (χ4v) is 3.18. The lowest BCUT2D eigenvalue weighted by Crippen LogP contribution is -2.49. The maximum absolute atomic E-state index is 5.85. The van der Waals surface area contributed by atoms with Crippen molar-refractivity contribution < 1.29 is 9.47 Å². The number of hydrogen-bond acceptors (Lipinski definition) is 5. The highest BCUT2D eigenvalue weighted by Crippen LogP contribution is 2.26. The van der Waals surface area contributed by atoms with Gasteiger partial charge in [0.1, 0.15) is 0 Å². The van der Waals surface area contributed by atoms with E-state index in [-0.39, 0.29) is 6.10 Å². The molecule has 0 aromatic carbocycles. The summed E-state index contributed by atoms with van der Waals surface area (Å²) in [5.74, 6) is 2.23. The van der Waals surface area contributed by atoms with Gasteiger partial charge in [-0.15, -0.1) is 0 Å². The van der Waals surface area contributed by atoms with Gasteiger partial charge >= 0.3 is 0 Å². The van der Waals surface area contributed by atoms with E-state index in [0.29, 0.717) is 17.8 Å². The van der Waals surface area contributed by atoms with Gasteiger partial charge in [0.25, 0.3) is 0 Å². The summed E-state index contributed by atoms with van der Waals surface area (Å²) in [6, 6.07) is 0.304. The van der Waals surface area contributed by atoms with Gasteiger partial charge in [0, 0.05) is 6.54 Å². The molecular formula is C16H25N3O2. The lowest BCUT2D eigenvalue weighted by atomic mass is 10.1. The smallest absolute Gasteiger partial charge is 0.234 e. The Kier molecular flexibility index (Phi) is 4.58. The van der Waals surface area contributed by atoms with Crippen LogP contribution in [0.5, 0.6) is 5.88 Å². The second-order valence-electron chi connectivity index (χ2n) is 6.19. The molecule has 1 saturated heterocycles. The molecule has 21 heavy (non-hydrogen) atoms. The molecule has 5 nitrogen and oxygen atoms in total. The Balaban J connectivity index is 1.64. The van der Waals surface area contributed by atoms with Crippen LogP contribution >= 0.6 is 0 Å². The molecule has 1 aromatic rings. The van der Waals surface area contributed by atoms with Crippen LogP contribution in [0.3, 0.4) is 0 Å². The summed E-state index contributed by atoms with van der Waals surface area (Å²) >= 11 is 0. The molecule has 0 radical (unpaired) electrons. The molecule has 2 fully saturated rings. The molecule has 2 unspecified atom stereocenters. The van der Waals surface area contributed by atoms with Crippen molar-refractivity contribution >= 4 is 5.82 Å². The van der Waals surface area contributed by atoms with E-state index in [4.69, 9.17) is 9.47 Å². The molecule has 1 aliphatic carbocycles. The van der Waals surface area contributed by atoms with Crippen LogP contribution in [0.4, 0.5) is 5.82 Å². The second-order valence-corrected chi connectivity index (χ2v) is 6.19. The summed E-state index contributed by atoms with van der Waals surface area (Å²) in [6.07, 6.45) is 8.98. The first-order valence-electron chi connectivity index (χ1n) is 8.07. The lowest BCUT2D eigenvalue weighted by molar-refractivity contribution is 0.0280. The van der Waals surface area contributed by atoms with E-state index in [1.165, 1.54) is 25.7 Å². The first-order valence-corrected chi connectivity index (χ1v) is 8.07. The first-order chi connectivity index (χ1) is 10.2. The van der Waals surface area contributed by atoms with Crippen molar-refractivity contribution in [3.8, 4) is 5.88 Å². The van der Waals surface area contributed by atoms with Crippen molar-refractivity contribution in [2.24, 2.45) is 5.92 Å². The molecule has 1 aliphatic heterocycles.